The molecular formula is C15H16ClN3O3. The second-order valence-corrected chi connectivity index (χ2v) is 5.17. The SMILES string of the molecule is CN(CCCC(=O)O)C(=O)C=Cc1c(Cl)nc2ccccn12. The van der Waals surface area contributed by atoms with Crippen LogP contribution in [0, 0.1) is 0 Å². The molecule has 2 rings (SSSR count). The van der Waals surface area contributed by atoms with Crippen molar-refractivity contribution in [2.24, 2.45) is 0 Å². The minimum Gasteiger partial charge on any atom is -0.481 e. The number of carboxylic acids is 1. The molecule has 0 fully saturated rings. The van der Waals surface area contributed by atoms with E-state index in [1.807, 2.05) is 24.4 Å². The quantitative estimate of drug-likeness (QED) is 0.829. The molecule has 2 aromatic rings. The van der Waals surface area contributed by atoms with Gasteiger partial charge in [-0.05, 0) is 24.6 Å². The van der Waals surface area contributed by atoms with Crippen LogP contribution >= 0.6 is 11.6 Å². The third-order valence-electron chi connectivity index (χ3n) is 3.17. The molecule has 2 aromatic heterocycles. The number of imidazole rings is 1. The summed E-state index contributed by atoms with van der Waals surface area (Å²) in [7, 11) is 1.63. The predicted octanol–water partition coefficient (Wildman–Crippen LogP) is 2.32. The van der Waals surface area contributed by atoms with Gasteiger partial charge in [-0.3, -0.25) is 14.0 Å². The van der Waals surface area contributed by atoms with E-state index in [0.717, 1.165) is 0 Å². The Hall–Kier alpha value is -2.34. The lowest BCUT2D eigenvalue weighted by atomic mass is 10.3. The number of halogens is 1. The maximum atomic E-state index is 12.0. The first kappa shape index (κ1) is 16.0. The summed E-state index contributed by atoms with van der Waals surface area (Å²) in [6.45, 7) is 0.385. The van der Waals surface area contributed by atoms with Crippen LogP contribution in [0.3, 0.4) is 0 Å². The van der Waals surface area contributed by atoms with E-state index in [0.29, 0.717) is 29.5 Å². The monoisotopic (exact) mass is 321 g/mol. The van der Waals surface area contributed by atoms with E-state index in [1.54, 1.807) is 17.5 Å². The lowest BCUT2D eigenvalue weighted by Crippen LogP contribution is -2.26. The number of aromatic nitrogens is 2. The van der Waals surface area contributed by atoms with Crippen molar-refractivity contribution in [3.63, 3.8) is 0 Å². The molecule has 116 valence electrons. The number of hydrogen-bond donors (Lipinski definition) is 1. The smallest absolute Gasteiger partial charge is 0.303 e. The molecule has 0 radical (unpaired) electrons. The van der Waals surface area contributed by atoms with Gasteiger partial charge in [-0.25, -0.2) is 4.98 Å². The van der Waals surface area contributed by atoms with Gasteiger partial charge in [-0.15, -0.1) is 0 Å². The van der Waals surface area contributed by atoms with Gasteiger partial charge in [0.15, 0.2) is 5.15 Å². The fourth-order valence-corrected chi connectivity index (χ4v) is 2.23. The molecule has 0 aliphatic heterocycles. The van der Waals surface area contributed by atoms with Gasteiger partial charge in [0, 0.05) is 32.3 Å². The molecule has 22 heavy (non-hydrogen) atoms. The number of rotatable bonds is 6. The predicted molar refractivity (Wildman–Crippen MR) is 83.7 cm³/mol. The van der Waals surface area contributed by atoms with Crippen LogP contribution in [0.25, 0.3) is 11.7 Å². The fraction of sp³-hybridized carbons (Fsp3) is 0.267. The number of amides is 1. The number of aliphatic carboxylic acids is 1. The maximum absolute atomic E-state index is 12.0. The molecule has 0 saturated carbocycles. The van der Waals surface area contributed by atoms with Gasteiger partial charge in [0.1, 0.15) is 5.65 Å². The van der Waals surface area contributed by atoms with Crippen molar-refractivity contribution < 1.29 is 14.7 Å². The zero-order valence-corrected chi connectivity index (χ0v) is 12.8. The number of hydrogen-bond acceptors (Lipinski definition) is 3. The third-order valence-corrected chi connectivity index (χ3v) is 3.44. The van der Waals surface area contributed by atoms with Gasteiger partial charge in [-0.2, -0.15) is 0 Å². The number of likely N-dealkylation sites (N-methyl/N-ethyl adjacent to an activating group) is 1. The molecule has 0 spiro atoms. The molecule has 0 aliphatic carbocycles. The van der Waals surface area contributed by atoms with Crippen LogP contribution in [-0.2, 0) is 9.59 Å². The standard InChI is InChI=1S/C15H16ClN3O3/c1-18(9-4-6-14(21)22)13(20)8-7-11-15(16)17-12-5-2-3-10-19(11)12/h2-3,5,7-8,10H,4,6,9H2,1H3,(H,21,22). The van der Waals surface area contributed by atoms with Gasteiger partial charge >= 0.3 is 5.97 Å². The van der Waals surface area contributed by atoms with E-state index in [9.17, 15) is 9.59 Å². The number of carbonyl (C=O) groups is 2. The Balaban J connectivity index is 2.05. The summed E-state index contributed by atoms with van der Waals surface area (Å²) < 4.78 is 1.79. The molecule has 0 atom stereocenters. The topological polar surface area (TPSA) is 74.9 Å². The van der Waals surface area contributed by atoms with Crippen LogP contribution in [0.1, 0.15) is 18.5 Å². The summed E-state index contributed by atoms with van der Waals surface area (Å²) in [5.74, 6) is -1.08. The number of nitrogens with zero attached hydrogens (tertiary/aromatic N) is 3. The zero-order valence-electron chi connectivity index (χ0n) is 12.1. The Labute approximate surface area is 132 Å². The van der Waals surface area contributed by atoms with Gasteiger partial charge in [0.05, 0.1) is 5.69 Å². The van der Waals surface area contributed by atoms with Gasteiger partial charge < -0.3 is 10.0 Å². The molecule has 0 saturated heterocycles. The Morgan fingerprint density at radius 1 is 1.45 bits per heavy atom. The summed E-state index contributed by atoms with van der Waals surface area (Å²) in [5.41, 5.74) is 1.33. The molecule has 0 aromatic carbocycles. The van der Waals surface area contributed by atoms with Crippen molar-refractivity contribution >= 4 is 35.2 Å². The van der Waals surface area contributed by atoms with E-state index in [1.165, 1.54) is 11.0 Å². The molecule has 1 amide bonds. The fourth-order valence-electron chi connectivity index (χ4n) is 1.99. The Bertz CT molecular complexity index is 724. The first-order chi connectivity index (χ1) is 10.5. The van der Waals surface area contributed by atoms with Crippen molar-refractivity contribution in [3.8, 4) is 0 Å². The van der Waals surface area contributed by atoms with Crippen LogP contribution in [0.2, 0.25) is 5.15 Å². The Kier molecular flexibility index (Phi) is 5.16. The highest BCUT2D eigenvalue weighted by Crippen LogP contribution is 2.18. The number of fused-ring (bicyclic) bond motifs is 1. The van der Waals surface area contributed by atoms with Crippen LogP contribution in [0.4, 0.5) is 0 Å². The molecular weight excluding hydrogens is 306 g/mol. The van der Waals surface area contributed by atoms with Crippen LogP contribution < -0.4 is 0 Å². The van der Waals surface area contributed by atoms with Gasteiger partial charge in [0.2, 0.25) is 5.91 Å². The molecule has 6 nitrogen and oxygen atoms in total. The van der Waals surface area contributed by atoms with E-state index in [2.05, 4.69) is 4.98 Å². The molecule has 0 unspecified atom stereocenters. The van der Waals surface area contributed by atoms with E-state index in [-0.39, 0.29) is 12.3 Å². The second kappa shape index (κ2) is 7.09. The zero-order chi connectivity index (χ0) is 16.1. The van der Waals surface area contributed by atoms with Crippen molar-refractivity contribution in [2.45, 2.75) is 12.8 Å². The average molecular weight is 322 g/mol. The first-order valence-electron chi connectivity index (χ1n) is 6.76. The second-order valence-electron chi connectivity index (χ2n) is 4.81. The Morgan fingerprint density at radius 3 is 2.95 bits per heavy atom. The van der Waals surface area contributed by atoms with Gasteiger partial charge in [0.25, 0.3) is 0 Å². The maximum Gasteiger partial charge on any atom is 0.303 e. The molecule has 2 heterocycles. The largest absolute Gasteiger partial charge is 0.481 e. The van der Waals surface area contributed by atoms with E-state index in [4.69, 9.17) is 16.7 Å². The number of carbonyl (C=O) groups excluding carboxylic acids is 1. The molecule has 0 bridgehead atoms. The number of carboxylic acid groups (broad SMARTS) is 1. The summed E-state index contributed by atoms with van der Waals surface area (Å²) in [6.07, 6.45) is 5.29. The molecule has 1 N–H and O–H groups in total. The molecule has 0 aliphatic rings. The average Bonchev–Trinajstić information content (AvgIpc) is 2.79. The highest BCUT2D eigenvalue weighted by Gasteiger charge is 2.09. The highest BCUT2D eigenvalue weighted by molar-refractivity contribution is 6.31. The summed E-state index contributed by atoms with van der Waals surface area (Å²) in [4.78, 5) is 28.1. The van der Waals surface area contributed by atoms with Crippen molar-refractivity contribution in [1.82, 2.24) is 14.3 Å². The van der Waals surface area contributed by atoms with Crippen molar-refractivity contribution in [3.05, 3.63) is 41.3 Å². The normalized spacial score (nSPS) is 11.2. The Morgan fingerprint density at radius 2 is 2.23 bits per heavy atom. The van der Waals surface area contributed by atoms with Crippen molar-refractivity contribution in [2.75, 3.05) is 13.6 Å². The van der Waals surface area contributed by atoms with Crippen LogP contribution in [0.15, 0.2) is 30.5 Å². The third kappa shape index (κ3) is 3.85. The van der Waals surface area contributed by atoms with Crippen LogP contribution in [-0.4, -0.2) is 44.9 Å². The van der Waals surface area contributed by atoms with Crippen molar-refractivity contribution in [1.29, 1.82) is 0 Å². The van der Waals surface area contributed by atoms with Crippen LogP contribution in [0.5, 0.6) is 0 Å². The highest BCUT2D eigenvalue weighted by atomic mass is 35.5. The summed E-state index contributed by atoms with van der Waals surface area (Å²) >= 11 is 6.08. The van der Waals surface area contributed by atoms with Gasteiger partial charge in [-0.1, -0.05) is 17.7 Å². The minimum atomic E-state index is -0.867. The summed E-state index contributed by atoms with van der Waals surface area (Å²) in [6, 6.07) is 5.53. The molecule has 7 heteroatoms. The first-order valence-corrected chi connectivity index (χ1v) is 7.14. The number of pyridine rings is 1. The van der Waals surface area contributed by atoms with E-state index >= 15 is 0 Å². The minimum absolute atomic E-state index is 0.0421. The lowest BCUT2D eigenvalue weighted by molar-refractivity contribution is -0.137. The lowest BCUT2D eigenvalue weighted by Gasteiger charge is -2.13. The van der Waals surface area contributed by atoms with E-state index < -0.39 is 5.97 Å². The summed E-state index contributed by atoms with van der Waals surface area (Å²) in [5, 5.41) is 8.91.